The maximum Gasteiger partial charge on any atom is 0.315 e. The zero-order valence-corrected chi connectivity index (χ0v) is 78.4. The molecule has 1 unspecified atom stereocenters. The van der Waals surface area contributed by atoms with E-state index in [0.29, 0.717) is 96.2 Å². The number of carbonyl (C=O) groups excluding carboxylic acids is 18. The van der Waals surface area contributed by atoms with Gasteiger partial charge in [0.05, 0.1) is 128 Å². The lowest BCUT2D eigenvalue weighted by atomic mass is 9.90. The molecule has 0 radical (unpaired) electrons. The van der Waals surface area contributed by atoms with Gasteiger partial charge in [0.15, 0.2) is 28.9 Å². The van der Waals surface area contributed by atoms with E-state index >= 15 is 0 Å². The number of hydrogen-bond donors (Lipinski definition) is 19. The van der Waals surface area contributed by atoms with Gasteiger partial charge in [-0.2, -0.15) is 11.8 Å². The van der Waals surface area contributed by atoms with Gasteiger partial charge in [0, 0.05) is 106 Å². The van der Waals surface area contributed by atoms with Crippen LogP contribution in [0.5, 0.6) is 0 Å². The van der Waals surface area contributed by atoms with Gasteiger partial charge in [-0.05, 0) is 103 Å². The number of aliphatic hydroxyl groups is 3. The summed E-state index contributed by atoms with van der Waals surface area (Å²) >= 11 is 1.85. The van der Waals surface area contributed by atoms with E-state index < -0.39 is 255 Å². The predicted octanol–water partition coefficient (Wildman–Crippen LogP) is -3.03. The molecule has 3 rings (SSSR count). The Hall–Kier alpha value is -9.32. The summed E-state index contributed by atoms with van der Waals surface area (Å²) in [5, 5.41) is 69.9. The number of urea groups is 1. The number of fused-ring (bicyclic) bond motifs is 1. The largest absolute Gasteiger partial charge is 0.481 e. The molecule has 3 aliphatic heterocycles. The van der Waals surface area contributed by atoms with Crippen LogP contribution < -0.4 is 81.4 Å². The fourth-order valence-corrected chi connectivity index (χ4v) is 16.4. The molecule has 0 aromatic heterocycles. The van der Waals surface area contributed by atoms with Crippen LogP contribution in [0.25, 0.3) is 0 Å². The summed E-state index contributed by atoms with van der Waals surface area (Å²) in [6, 6.07) is -13.0. The number of aliphatic carboxylic acids is 1. The number of likely N-dealkylation sites (tertiary alicyclic amines) is 1. The van der Waals surface area contributed by atoms with Crippen molar-refractivity contribution in [1.82, 2.24) is 63.4 Å². The first-order valence-corrected chi connectivity index (χ1v) is 47.1. The van der Waals surface area contributed by atoms with Gasteiger partial charge in [-0.3, -0.25) is 86.3 Å². The first-order valence-electron chi connectivity index (χ1n) is 46.1. The van der Waals surface area contributed by atoms with Crippen LogP contribution in [-0.2, 0) is 110 Å². The van der Waals surface area contributed by atoms with Crippen molar-refractivity contribution in [3.05, 3.63) is 0 Å². The highest BCUT2D eigenvalue weighted by Crippen LogP contribution is 2.33. The summed E-state index contributed by atoms with van der Waals surface area (Å²) in [4.78, 5) is 254. The number of nitrogens with two attached hydrogens (primary N) is 4. The molecular weight excluding hydrogens is 1750 g/mol. The molecule has 0 aromatic rings. The Kier molecular flexibility index (Phi) is 57.8. The first-order chi connectivity index (χ1) is 62.8. The number of Topliss-reactive ketones (excluding diaryl/α,β-unsaturated/α-hetero) is 5. The molecule has 0 bridgehead atoms. The van der Waals surface area contributed by atoms with Gasteiger partial charge in [-0.1, -0.05) is 67.2 Å². The lowest BCUT2D eigenvalue weighted by Crippen LogP contribution is -2.61. The molecule has 0 aliphatic carbocycles. The first kappa shape index (κ1) is 117. The lowest BCUT2D eigenvalue weighted by molar-refractivity contribution is -0.143. The van der Waals surface area contributed by atoms with Crippen LogP contribution in [-0.4, -0.2) is 326 Å². The van der Waals surface area contributed by atoms with Crippen LogP contribution in [0.15, 0.2) is 0 Å². The van der Waals surface area contributed by atoms with Gasteiger partial charge in [-0.25, -0.2) is 4.79 Å². The highest BCUT2D eigenvalue weighted by Gasteiger charge is 2.45. The van der Waals surface area contributed by atoms with E-state index in [-0.39, 0.29) is 122 Å². The number of ketones is 5. The highest BCUT2D eigenvalue weighted by molar-refractivity contribution is 8.00. The van der Waals surface area contributed by atoms with Crippen LogP contribution in [0.4, 0.5) is 4.79 Å². The molecular formula is C87H148N16O28S. The third-order valence-electron chi connectivity index (χ3n) is 22.7. The van der Waals surface area contributed by atoms with E-state index in [2.05, 4.69) is 58.5 Å². The van der Waals surface area contributed by atoms with E-state index in [0.717, 1.165) is 36.8 Å². The van der Waals surface area contributed by atoms with Crippen LogP contribution in [0.1, 0.15) is 215 Å². The standard InChI is InChI=1S/C87H148N16O28S/c1-8-9-10-18-56(82(121)95-57(19-13-15-29-88)65(107)25-27-73(114)93-60(47-75(116)117)66(108)44-53(5)80(119)98-61(48-104)67(109)45-54(6)81(120)100-76(51(2)3)69(111)43-52(4)79(91)118)46-68(110)58(20-14-16-30-89)96-84(123)64-21-17-32-103(64)86(125)59(24-26-71(90)112)97-85(124)77(55(7)106)101-83(122)62(49-105)94-74(115)28-33-127-35-37-129-39-41-131-42-40-130-38-36-128-34-31-92-72(113)23-12-11-22-70-78-63(50-132-70)99-87(126)102-78/h51-64,70,76-78,104-106H,8-50,88-89H2,1-7H3,(H2,90,112)(H2,91,118)(H,92,113)(H,93,114)(H,94,115)(H,95,121)(H,96,123)(H,97,124)(H,98,119)(H,100,120)(H,101,122)(H,116,117)(H2,99,102,126)/t52-,53-,54-,55+,56-,57-,58-,59-,60-,61-,62-,63-,64+,70+,76-,77?,78-/m1/s1. The Labute approximate surface area is 775 Å². The van der Waals surface area contributed by atoms with Gasteiger partial charge < -0.3 is 130 Å². The minimum absolute atomic E-state index is 0.0261. The average molecular weight is 1900 g/mol. The number of nitrogens with zero attached hydrogens (tertiary/aromatic N) is 1. The van der Waals surface area contributed by atoms with Crippen molar-refractivity contribution in [1.29, 1.82) is 0 Å². The van der Waals surface area contributed by atoms with E-state index in [9.17, 15) is 112 Å². The van der Waals surface area contributed by atoms with Crippen molar-refractivity contribution in [2.45, 2.75) is 293 Å². The molecule has 3 aliphatic rings. The van der Waals surface area contributed by atoms with Crippen molar-refractivity contribution in [2.75, 3.05) is 111 Å². The fraction of sp³-hybridized carbons (Fsp3) is 0.782. The Bertz CT molecular complexity index is 3720. The Morgan fingerprint density at radius 1 is 0.477 bits per heavy atom. The van der Waals surface area contributed by atoms with E-state index in [4.69, 9.17) is 46.6 Å². The normalized spacial score (nSPS) is 18.1. The number of thioether (sulfide) groups is 1. The van der Waals surface area contributed by atoms with Gasteiger partial charge in [-0.15, -0.1) is 0 Å². The topological polar surface area (TPSA) is 691 Å². The molecule has 3 saturated heterocycles. The molecule has 45 heteroatoms. The third kappa shape index (κ3) is 45.6. The monoisotopic (exact) mass is 1900 g/mol. The smallest absolute Gasteiger partial charge is 0.315 e. The Balaban J connectivity index is 1.56. The summed E-state index contributed by atoms with van der Waals surface area (Å²) in [6.07, 6.45) is -0.135. The zero-order chi connectivity index (χ0) is 98.4. The second kappa shape index (κ2) is 65.3. The molecule has 3 heterocycles. The number of nitrogens with one attached hydrogen (secondary N) is 11. The second-order valence-corrected chi connectivity index (χ2v) is 35.4. The SMILES string of the molecule is CCCCC[C@H](CC(=O)[C@@H](CCCCN)NC(=O)[C@@H]1CCCN1C(=O)[C@@H](CCC(N)=O)NC(=O)C(NC(=O)[C@@H](CO)NC(=O)CCOCCOCCOCCOCCOCCNC(=O)CCCC[C@@H]1SC[C@H]2NC(=O)N[C@@H]12)[C@H](C)O)C(=O)N[C@H](CCCCN)C(=O)CCC(=O)N[C@H](CC(=O)O)C(=O)C[C@@H](C)C(=O)N[C@H](CO)C(=O)C[C@@H](C)C(=O)N[C@@H](C(=O)C[C@@H](C)C(N)=O)C(C)C. The van der Waals surface area contributed by atoms with Gasteiger partial charge >= 0.3 is 12.0 Å². The number of carboxylic acid groups (broad SMARTS) is 1. The molecule has 0 aromatic carbocycles. The number of hydrogen-bond acceptors (Lipinski definition) is 30. The minimum atomic E-state index is -1.84. The summed E-state index contributed by atoms with van der Waals surface area (Å²) in [7, 11) is 0. The van der Waals surface area contributed by atoms with Crippen LogP contribution in [0, 0.1) is 29.6 Å². The molecule has 0 spiro atoms. The number of unbranched alkanes of at least 4 members (excludes halogenated alkanes) is 5. The molecule has 132 heavy (non-hydrogen) atoms. The molecule has 44 nitrogen and oxygen atoms in total. The quantitative estimate of drug-likeness (QED) is 0.0213. The summed E-state index contributed by atoms with van der Waals surface area (Å²) in [6.45, 7) is 11.6. The highest BCUT2D eigenvalue weighted by atomic mass is 32.2. The number of carbonyl (C=O) groups is 19. The van der Waals surface area contributed by atoms with Crippen molar-refractivity contribution in [2.24, 2.45) is 52.5 Å². The zero-order valence-electron chi connectivity index (χ0n) is 77.5. The summed E-state index contributed by atoms with van der Waals surface area (Å²) in [5.74, 6) is -18.3. The van der Waals surface area contributed by atoms with Crippen molar-refractivity contribution >= 4 is 124 Å². The summed E-state index contributed by atoms with van der Waals surface area (Å²) in [5.41, 5.74) is 22.5. The maximum atomic E-state index is 14.7. The average Bonchev–Trinajstić information content (AvgIpc) is 1.66. The van der Waals surface area contributed by atoms with E-state index in [1.807, 2.05) is 18.7 Å². The number of primary amides is 2. The minimum Gasteiger partial charge on any atom is -0.481 e. The van der Waals surface area contributed by atoms with E-state index in [1.54, 1.807) is 13.8 Å². The third-order valence-corrected chi connectivity index (χ3v) is 24.2. The summed E-state index contributed by atoms with van der Waals surface area (Å²) < 4.78 is 27.5. The van der Waals surface area contributed by atoms with Crippen LogP contribution in [0.3, 0.4) is 0 Å². The van der Waals surface area contributed by atoms with Crippen LogP contribution in [0.2, 0.25) is 0 Å². The van der Waals surface area contributed by atoms with Gasteiger partial charge in [0.25, 0.3) is 0 Å². The Morgan fingerprint density at radius 3 is 1.56 bits per heavy atom. The van der Waals surface area contributed by atoms with E-state index in [1.165, 1.54) is 20.8 Å². The molecule has 0 saturated carbocycles. The number of rotatable bonds is 76. The lowest BCUT2D eigenvalue weighted by Gasteiger charge is -2.31. The second-order valence-electron chi connectivity index (χ2n) is 34.1. The molecule has 750 valence electrons. The van der Waals surface area contributed by atoms with Gasteiger partial charge in [0.1, 0.15) is 30.2 Å². The molecule has 14 amide bonds. The molecule has 23 N–H and O–H groups in total. The van der Waals surface area contributed by atoms with Crippen molar-refractivity contribution in [3.63, 3.8) is 0 Å². The van der Waals surface area contributed by atoms with Crippen molar-refractivity contribution in [3.8, 4) is 0 Å². The number of carboxylic acids is 1. The van der Waals surface area contributed by atoms with Crippen molar-refractivity contribution < 1.29 is 135 Å². The Morgan fingerprint density at radius 2 is 1.00 bits per heavy atom. The van der Waals surface area contributed by atoms with Gasteiger partial charge in [0.2, 0.25) is 70.9 Å². The predicted molar refractivity (Wildman–Crippen MR) is 480 cm³/mol. The van der Waals surface area contributed by atoms with Crippen LogP contribution >= 0.6 is 11.8 Å². The number of aliphatic hydroxyl groups excluding tert-OH is 3. The molecule has 3 fully saturated rings. The maximum absolute atomic E-state index is 14.7. The number of amides is 14. The molecule has 17 atom stereocenters. The fourth-order valence-electron chi connectivity index (χ4n) is 14.9. The number of ether oxygens (including phenoxy) is 5.